The van der Waals surface area contributed by atoms with E-state index in [0.717, 1.165) is 5.69 Å². The molecule has 25 heavy (non-hydrogen) atoms. The standard InChI is InChI=1S/C18H29N3O3S/c1-18(2,3)15-6-8-16(9-7-15)19-17(22)14-10-12-21(13-11-14)25(23,24)20(4)5/h6-9,14H,10-13H2,1-5H3,(H,19,22). The normalized spacial score (nSPS) is 17.7. The number of hydrogen-bond acceptors (Lipinski definition) is 3. The molecule has 1 aromatic rings. The molecule has 6 nitrogen and oxygen atoms in total. The maximum atomic E-state index is 12.5. The molecule has 0 aromatic heterocycles. The number of nitrogens with zero attached hydrogens (tertiary/aromatic N) is 2. The van der Waals surface area contributed by atoms with Gasteiger partial charge in [-0.1, -0.05) is 32.9 Å². The summed E-state index contributed by atoms with van der Waals surface area (Å²) in [5.41, 5.74) is 2.07. The molecular weight excluding hydrogens is 338 g/mol. The minimum absolute atomic E-state index is 0.0367. The Labute approximate surface area is 151 Å². The molecule has 1 aromatic carbocycles. The zero-order valence-corrected chi connectivity index (χ0v) is 16.6. The average molecular weight is 368 g/mol. The van der Waals surface area contributed by atoms with Gasteiger partial charge in [-0.05, 0) is 36.0 Å². The fourth-order valence-electron chi connectivity index (χ4n) is 2.88. The maximum absolute atomic E-state index is 12.5. The van der Waals surface area contributed by atoms with Crippen LogP contribution in [0.1, 0.15) is 39.2 Å². The zero-order chi connectivity index (χ0) is 18.8. The highest BCUT2D eigenvalue weighted by Gasteiger charge is 2.32. The predicted molar refractivity (Wildman–Crippen MR) is 101 cm³/mol. The first-order chi connectivity index (χ1) is 11.5. The van der Waals surface area contributed by atoms with Gasteiger partial charge in [0.2, 0.25) is 5.91 Å². The number of rotatable bonds is 4. The Morgan fingerprint density at radius 3 is 2.08 bits per heavy atom. The van der Waals surface area contributed by atoms with E-state index in [0.29, 0.717) is 25.9 Å². The number of nitrogens with one attached hydrogen (secondary N) is 1. The van der Waals surface area contributed by atoms with Gasteiger partial charge in [-0.2, -0.15) is 17.0 Å². The fourth-order valence-corrected chi connectivity index (χ4v) is 4.01. The number of hydrogen-bond donors (Lipinski definition) is 1. The van der Waals surface area contributed by atoms with Crippen LogP contribution in [0, 0.1) is 5.92 Å². The van der Waals surface area contributed by atoms with Gasteiger partial charge in [-0.15, -0.1) is 0 Å². The second-order valence-corrected chi connectivity index (χ2v) is 9.92. The summed E-state index contributed by atoms with van der Waals surface area (Å²) in [6.07, 6.45) is 1.08. The number of carbonyl (C=O) groups excluding carboxylic acids is 1. The monoisotopic (exact) mass is 367 g/mol. The van der Waals surface area contributed by atoms with Crippen molar-refractivity contribution >= 4 is 21.8 Å². The molecule has 0 bridgehead atoms. The molecule has 2 rings (SSSR count). The van der Waals surface area contributed by atoms with E-state index in [2.05, 4.69) is 26.1 Å². The van der Waals surface area contributed by atoms with Gasteiger partial charge in [-0.25, -0.2) is 0 Å². The third-order valence-corrected chi connectivity index (χ3v) is 6.57. The SMILES string of the molecule is CN(C)S(=O)(=O)N1CCC(C(=O)Nc2ccc(C(C)(C)C)cc2)CC1. The first-order valence-electron chi connectivity index (χ1n) is 8.61. The van der Waals surface area contributed by atoms with Crippen molar-refractivity contribution in [3.63, 3.8) is 0 Å². The van der Waals surface area contributed by atoms with E-state index in [4.69, 9.17) is 0 Å². The first-order valence-corrected chi connectivity index (χ1v) is 10.0. The van der Waals surface area contributed by atoms with Gasteiger partial charge in [0.25, 0.3) is 10.2 Å². The number of benzene rings is 1. The van der Waals surface area contributed by atoms with Gasteiger partial charge < -0.3 is 5.32 Å². The second kappa shape index (κ2) is 7.43. The molecule has 0 spiro atoms. The van der Waals surface area contributed by atoms with Crippen molar-refractivity contribution in [2.75, 3.05) is 32.5 Å². The minimum atomic E-state index is -3.39. The lowest BCUT2D eigenvalue weighted by Gasteiger charge is -2.32. The van der Waals surface area contributed by atoms with E-state index < -0.39 is 10.2 Å². The third kappa shape index (κ3) is 4.80. The molecule has 1 saturated heterocycles. The van der Waals surface area contributed by atoms with Crippen LogP contribution in [0.25, 0.3) is 0 Å². The van der Waals surface area contributed by atoms with Crippen molar-refractivity contribution in [3.8, 4) is 0 Å². The number of anilines is 1. The molecule has 0 saturated carbocycles. The number of piperidine rings is 1. The Kier molecular flexibility index (Phi) is 5.91. The largest absolute Gasteiger partial charge is 0.326 e. The lowest BCUT2D eigenvalue weighted by Crippen LogP contribution is -2.46. The smallest absolute Gasteiger partial charge is 0.281 e. The van der Waals surface area contributed by atoms with E-state index in [1.54, 1.807) is 0 Å². The Bertz CT molecular complexity index is 698. The van der Waals surface area contributed by atoms with E-state index in [-0.39, 0.29) is 17.2 Å². The van der Waals surface area contributed by atoms with Crippen molar-refractivity contribution in [1.29, 1.82) is 0 Å². The van der Waals surface area contributed by atoms with Crippen molar-refractivity contribution in [3.05, 3.63) is 29.8 Å². The Hall–Kier alpha value is -1.44. The quantitative estimate of drug-likeness (QED) is 0.889. The molecule has 0 radical (unpaired) electrons. The molecule has 7 heteroatoms. The van der Waals surface area contributed by atoms with Gasteiger partial charge in [0.05, 0.1) is 0 Å². The van der Waals surface area contributed by atoms with Crippen LogP contribution in [-0.4, -0.2) is 50.1 Å². The van der Waals surface area contributed by atoms with Crippen molar-refractivity contribution in [1.82, 2.24) is 8.61 Å². The molecular formula is C18H29N3O3S. The molecule has 0 aliphatic carbocycles. The number of carbonyl (C=O) groups is 1. The minimum Gasteiger partial charge on any atom is -0.326 e. The van der Waals surface area contributed by atoms with Gasteiger partial charge >= 0.3 is 0 Å². The van der Waals surface area contributed by atoms with Crippen molar-refractivity contribution < 1.29 is 13.2 Å². The highest BCUT2D eigenvalue weighted by Crippen LogP contribution is 2.25. The molecule has 0 atom stereocenters. The van der Waals surface area contributed by atoms with Crippen LogP contribution in [0.4, 0.5) is 5.69 Å². The summed E-state index contributed by atoms with van der Waals surface area (Å²) in [6, 6.07) is 7.90. The summed E-state index contributed by atoms with van der Waals surface area (Å²) >= 11 is 0. The van der Waals surface area contributed by atoms with Crippen molar-refractivity contribution in [2.45, 2.75) is 39.0 Å². The highest BCUT2D eigenvalue weighted by atomic mass is 32.2. The first kappa shape index (κ1) is 19.9. The molecule has 1 heterocycles. The van der Waals surface area contributed by atoms with Crippen LogP contribution in [-0.2, 0) is 20.4 Å². The summed E-state index contributed by atoms with van der Waals surface area (Å²) in [4.78, 5) is 12.5. The Morgan fingerprint density at radius 2 is 1.64 bits per heavy atom. The highest BCUT2D eigenvalue weighted by molar-refractivity contribution is 7.86. The van der Waals surface area contributed by atoms with E-state index in [1.165, 1.54) is 28.3 Å². The molecule has 140 valence electrons. The topological polar surface area (TPSA) is 69.7 Å². The van der Waals surface area contributed by atoms with Crippen LogP contribution in [0.5, 0.6) is 0 Å². The zero-order valence-electron chi connectivity index (χ0n) is 15.7. The van der Waals surface area contributed by atoms with Crippen molar-refractivity contribution in [2.24, 2.45) is 5.92 Å². The molecule has 1 N–H and O–H groups in total. The van der Waals surface area contributed by atoms with E-state index in [9.17, 15) is 13.2 Å². The maximum Gasteiger partial charge on any atom is 0.281 e. The molecule has 0 unspecified atom stereocenters. The molecule has 1 aliphatic rings. The Morgan fingerprint density at radius 1 is 1.12 bits per heavy atom. The summed E-state index contributed by atoms with van der Waals surface area (Å²) in [5, 5.41) is 2.95. The molecule has 1 fully saturated rings. The Balaban J connectivity index is 1.93. The van der Waals surface area contributed by atoms with Gasteiger partial charge in [0, 0.05) is 38.8 Å². The lowest BCUT2D eigenvalue weighted by molar-refractivity contribution is -0.120. The third-order valence-electron chi connectivity index (χ3n) is 4.63. The van der Waals surface area contributed by atoms with Gasteiger partial charge in [-0.3, -0.25) is 4.79 Å². The second-order valence-electron chi connectivity index (χ2n) is 7.78. The summed E-state index contributed by atoms with van der Waals surface area (Å²) in [7, 11) is -0.345. The van der Waals surface area contributed by atoms with E-state index >= 15 is 0 Å². The summed E-state index contributed by atoms with van der Waals surface area (Å²) in [6.45, 7) is 7.20. The molecule has 1 aliphatic heterocycles. The van der Waals surface area contributed by atoms with Crippen LogP contribution >= 0.6 is 0 Å². The molecule has 1 amide bonds. The van der Waals surface area contributed by atoms with Crippen LogP contribution in [0.3, 0.4) is 0 Å². The van der Waals surface area contributed by atoms with E-state index in [1.807, 2.05) is 24.3 Å². The van der Waals surface area contributed by atoms with Gasteiger partial charge in [0.1, 0.15) is 0 Å². The number of amides is 1. The fraction of sp³-hybridized carbons (Fsp3) is 0.611. The predicted octanol–water partition coefficient (Wildman–Crippen LogP) is 2.44. The van der Waals surface area contributed by atoms with Crippen LogP contribution in [0.15, 0.2) is 24.3 Å². The lowest BCUT2D eigenvalue weighted by atomic mass is 9.87. The summed E-state index contributed by atoms with van der Waals surface area (Å²) in [5.74, 6) is -0.193. The summed E-state index contributed by atoms with van der Waals surface area (Å²) < 4.78 is 26.9. The average Bonchev–Trinajstić information content (AvgIpc) is 2.54. The van der Waals surface area contributed by atoms with Gasteiger partial charge in [0.15, 0.2) is 0 Å². The van der Waals surface area contributed by atoms with Crippen LogP contribution < -0.4 is 5.32 Å². The van der Waals surface area contributed by atoms with Crippen LogP contribution in [0.2, 0.25) is 0 Å².